The minimum Gasteiger partial charge on any atom is -0.308 e. The van der Waals surface area contributed by atoms with E-state index in [1.165, 1.54) is 0 Å². The summed E-state index contributed by atoms with van der Waals surface area (Å²) in [6.45, 7) is 0. The van der Waals surface area contributed by atoms with Crippen molar-refractivity contribution in [2.24, 2.45) is 0 Å². The van der Waals surface area contributed by atoms with Crippen molar-refractivity contribution in [1.29, 1.82) is 0 Å². The van der Waals surface area contributed by atoms with Gasteiger partial charge in [0.2, 0.25) is 9.84 Å². The molecule has 0 radical (unpaired) electrons. The highest BCUT2D eigenvalue weighted by atomic mass is 32.2. The minimum atomic E-state index is -3.67. The highest BCUT2D eigenvalue weighted by molar-refractivity contribution is 7.91. The first-order chi connectivity index (χ1) is 13.7. The molecule has 0 aliphatic rings. The highest BCUT2D eigenvalue weighted by Gasteiger charge is 2.21. The Kier molecular flexibility index (Phi) is 3.77. The Balaban J connectivity index is 1.82. The number of hydrogen-bond acceptors (Lipinski definition) is 3. The van der Waals surface area contributed by atoms with Crippen molar-refractivity contribution < 1.29 is 8.42 Å². The molecule has 2 heterocycles. The second-order valence-corrected chi connectivity index (χ2v) is 8.44. The van der Waals surface area contributed by atoms with Crippen LogP contribution < -0.4 is 0 Å². The number of nitrogens with zero attached hydrogens (tertiary/aromatic N) is 2. The highest BCUT2D eigenvalue weighted by Crippen LogP contribution is 2.33. The molecule has 0 saturated heterocycles. The van der Waals surface area contributed by atoms with Gasteiger partial charge in [0, 0.05) is 16.5 Å². The molecule has 0 saturated carbocycles. The van der Waals surface area contributed by atoms with Gasteiger partial charge in [0.15, 0.2) is 5.03 Å². The Morgan fingerprint density at radius 1 is 0.679 bits per heavy atom. The first kappa shape index (κ1) is 16.7. The summed E-state index contributed by atoms with van der Waals surface area (Å²) in [5, 5.41) is 1.92. The molecule has 0 aliphatic heterocycles. The van der Waals surface area contributed by atoms with Crippen LogP contribution in [-0.2, 0) is 9.84 Å². The van der Waals surface area contributed by atoms with Crippen LogP contribution >= 0.6 is 0 Å². The molecule has 4 nitrogen and oxygen atoms in total. The van der Waals surface area contributed by atoms with E-state index in [1.807, 2.05) is 54.6 Å². The van der Waals surface area contributed by atoms with Gasteiger partial charge in [-0.05, 0) is 36.4 Å². The zero-order chi connectivity index (χ0) is 19.1. The smallest absolute Gasteiger partial charge is 0.223 e. The molecule has 0 amide bonds. The molecule has 0 bridgehead atoms. The number of benzene rings is 3. The van der Waals surface area contributed by atoms with E-state index < -0.39 is 9.84 Å². The van der Waals surface area contributed by atoms with Gasteiger partial charge in [0.1, 0.15) is 0 Å². The average Bonchev–Trinajstić information content (AvgIpc) is 3.09. The molecular formula is C23H16N2O2S. The Labute approximate surface area is 162 Å². The lowest BCUT2D eigenvalue weighted by Gasteiger charge is -2.08. The number of rotatable bonds is 3. The van der Waals surface area contributed by atoms with Crippen LogP contribution in [0.5, 0.6) is 0 Å². The van der Waals surface area contributed by atoms with Crippen LogP contribution in [0.1, 0.15) is 0 Å². The number of sulfone groups is 1. The largest absolute Gasteiger partial charge is 0.308 e. The minimum absolute atomic E-state index is 0.0576. The van der Waals surface area contributed by atoms with Crippen LogP contribution in [0.2, 0.25) is 0 Å². The van der Waals surface area contributed by atoms with Crippen LogP contribution in [0.25, 0.3) is 27.5 Å². The number of para-hydroxylation sites is 2. The summed E-state index contributed by atoms with van der Waals surface area (Å²) in [5.74, 6) is 0. The lowest BCUT2D eigenvalue weighted by molar-refractivity contribution is 0.592. The van der Waals surface area contributed by atoms with Crippen molar-refractivity contribution in [3.05, 3.63) is 97.2 Å². The van der Waals surface area contributed by atoms with E-state index in [9.17, 15) is 8.42 Å². The quantitative estimate of drug-likeness (QED) is 0.439. The third kappa shape index (κ3) is 2.52. The van der Waals surface area contributed by atoms with Crippen LogP contribution in [0.3, 0.4) is 0 Å². The fourth-order valence-corrected chi connectivity index (χ4v) is 4.79. The molecule has 5 rings (SSSR count). The number of aromatic nitrogens is 2. The van der Waals surface area contributed by atoms with Gasteiger partial charge in [0.05, 0.1) is 22.1 Å². The van der Waals surface area contributed by atoms with Gasteiger partial charge in [-0.2, -0.15) is 0 Å². The molecule has 136 valence electrons. The fraction of sp³-hybridized carbons (Fsp3) is 0. The van der Waals surface area contributed by atoms with Crippen LogP contribution in [-0.4, -0.2) is 18.0 Å². The van der Waals surface area contributed by atoms with Gasteiger partial charge in [-0.3, -0.25) is 0 Å². The predicted octanol–water partition coefficient (Wildman–Crippen LogP) is 5.01. The van der Waals surface area contributed by atoms with Gasteiger partial charge >= 0.3 is 0 Å². The van der Waals surface area contributed by atoms with Gasteiger partial charge in [-0.1, -0.05) is 54.6 Å². The monoisotopic (exact) mass is 384 g/mol. The number of fused-ring (bicyclic) bond motifs is 3. The molecule has 28 heavy (non-hydrogen) atoms. The first-order valence-corrected chi connectivity index (χ1v) is 10.4. The molecule has 0 atom stereocenters. The Hall–Kier alpha value is -3.44. The molecule has 0 N–H and O–H groups in total. The fourth-order valence-electron chi connectivity index (χ4n) is 3.57. The van der Waals surface area contributed by atoms with Crippen LogP contribution in [0.15, 0.2) is 107 Å². The van der Waals surface area contributed by atoms with Gasteiger partial charge < -0.3 is 4.57 Å². The second-order valence-electron chi connectivity index (χ2n) is 6.54. The summed E-state index contributed by atoms with van der Waals surface area (Å²) in [6, 6.07) is 28.1. The number of pyridine rings is 1. The normalized spacial score (nSPS) is 11.9. The second kappa shape index (κ2) is 6.32. The van der Waals surface area contributed by atoms with E-state index in [1.54, 1.807) is 42.6 Å². The van der Waals surface area contributed by atoms with E-state index in [-0.39, 0.29) is 9.92 Å². The molecule has 0 aliphatic carbocycles. The molecular weight excluding hydrogens is 368 g/mol. The van der Waals surface area contributed by atoms with Crippen LogP contribution in [0, 0.1) is 0 Å². The van der Waals surface area contributed by atoms with Crippen molar-refractivity contribution in [1.82, 2.24) is 9.55 Å². The van der Waals surface area contributed by atoms with Gasteiger partial charge in [-0.15, -0.1) is 0 Å². The van der Waals surface area contributed by atoms with E-state index in [0.717, 1.165) is 27.5 Å². The van der Waals surface area contributed by atoms with Crippen molar-refractivity contribution in [3.8, 4) is 5.69 Å². The molecule has 3 aromatic carbocycles. The summed E-state index contributed by atoms with van der Waals surface area (Å²) in [4.78, 5) is 4.57. The number of hydrogen-bond donors (Lipinski definition) is 0. The lowest BCUT2D eigenvalue weighted by Crippen LogP contribution is -2.04. The first-order valence-electron chi connectivity index (χ1n) is 8.91. The van der Waals surface area contributed by atoms with Gasteiger partial charge in [0.25, 0.3) is 0 Å². The third-order valence-electron chi connectivity index (χ3n) is 4.88. The topological polar surface area (TPSA) is 52.0 Å². The van der Waals surface area contributed by atoms with Crippen molar-refractivity contribution in [3.63, 3.8) is 0 Å². The van der Waals surface area contributed by atoms with Crippen molar-refractivity contribution >= 4 is 31.6 Å². The Morgan fingerprint density at radius 3 is 2.07 bits per heavy atom. The molecule has 0 spiro atoms. The molecule has 0 fully saturated rings. The van der Waals surface area contributed by atoms with E-state index >= 15 is 0 Å². The van der Waals surface area contributed by atoms with Crippen molar-refractivity contribution in [2.45, 2.75) is 9.92 Å². The maximum absolute atomic E-state index is 13.0. The zero-order valence-electron chi connectivity index (χ0n) is 14.9. The Bertz CT molecular complexity index is 1410. The average molecular weight is 384 g/mol. The summed E-state index contributed by atoms with van der Waals surface area (Å²) in [5.41, 5.74) is 2.90. The Morgan fingerprint density at radius 2 is 1.32 bits per heavy atom. The molecule has 2 aromatic heterocycles. The van der Waals surface area contributed by atoms with Gasteiger partial charge in [-0.25, -0.2) is 13.4 Å². The molecule has 0 unspecified atom stereocenters. The summed E-state index contributed by atoms with van der Waals surface area (Å²) < 4.78 is 28.1. The van der Waals surface area contributed by atoms with Crippen molar-refractivity contribution in [2.75, 3.05) is 0 Å². The molecule has 5 heteroatoms. The molecule has 5 aromatic rings. The summed E-state index contributed by atoms with van der Waals surface area (Å²) in [7, 11) is -3.67. The summed E-state index contributed by atoms with van der Waals surface area (Å²) >= 11 is 0. The standard InChI is InChI=1S/C23H16N2O2S/c26-28(27,18-11-5-2-6-12-18)23-15-20-19-13-7-8-14-21(19)25(22(20)16-24-23)17-9-3-1-4-10-17/h1-16H. The lowest BCUT2D eigenvalue weighted by atomic mass is 10.2. The SMILES string of the molecule is O=S(=O)(c1ccccc1)c1cc2c3ccccc3n(-c3ccccc3)c2cn1. The zero-order valence-corrected chi connectivity index (χ0v) is 15.7. The summed E-state index contributed by atoms with van der Waals surface area (Å²) in [6.07, 6.45) is 1.65. The third-order valence-corrected chi connectivity index (χ3v) is 6.54. The van der Waals surface area contributed by atoms with Crippen LogP contribution in [0.4, 0.5) is 0 Å². The predicted molar refractivity (Wildman–Crippen MR) is 110 cm³/mol. The van der Waals surface area contributed by atoms with E-state index in [4.69, 9.17) is 0 Å². The van der Waals surface area contributed by atoms with E-state index in [0.29, 0.717) is 0 Å². The van der Waals surface area contributed by atoms with E-state index in [2.05, 4.69) is 9.55 Å². The maximum Gasteiger partial charge on any atom is 0.223 e. The maximum atomic E-state index is 13.0.